The minimum Gasteiger partial charge on any atom is -0.497 e. The SMILES string of the molecule is COc1ccc(CNC(=O)c2cnc(SC)nc2-c2ccccc2)c(OC)c1. The lowest BCUT2D eigenvalue weighted by Gasteiger charge is -2.13. The van der Waals surface area contributed by atoms with Gasteiger partial charge in [-0.3, -0.25) is 4.79 Å². The van der Waals surface area contributed by atoms with Crippen LogP contribution in [0, 0.1) is 0 Å². The monoisotopic (exact) mass is 395 g/mol. The van der Waals surface area contributed by atoms with Crippen LogP contribution in [-0.2, 0) is 6.54 Å². The highest BCUT2D eigenvalue weighted by Gasteiger charge is 2.17. The van der Waals surface area contributed by atoms with E-state index in [1.807, 2.05) is 48.7 Å². The van der Waals surface area contributed by atoms with Crippen molar-refractivity contribution in [2.45, 2.75) is 11.7 Å². The predicted octanol–water partition coefficient (Wildman–Crippen LogP) is 3.81. The van der Waals surface area contributed by atoms with E-state index in [0.717, 1.165) is 11.1 Å². The maximum absolute atomic E-state index is 12.9. The van der Waals surface area contributed by atoms with Gasteiger partial charge in [0.1, 0.15) is 11.5 Å². The standard InChI is InChI=1S/C21H21N3O3S/c1-26-16-10-9-15(18(11-16)27-2)12-22-20(25)17-13-23-21(28-3)24-19(17)14-7-5-4-6-8-14/h4-11,13H,12H2,1-3H3,(H,22,25). The summed E-state index contributed by atoms with van der Waals surface area (Å²) < 4.78 is 10.6. The third-order valence-corrected chi connectivity index (χ3v) is 4.74. The van der Waals surface area contributed by atoms with Gasteiger partial charge in [0.25, 0.3) is 5.91 Å². The van der Waals surface area contributed by atoms with Crippen LogP contribution in [0.25, 0.3) is 11.3 Å². The summed E-state index contributed by atoms with van der Waals surface area (Å²) in [4.78, 5) is 21.7. The Morgan fingerprint density at radius 3 is 2.57 bits per heavy atom. The topological polar surface area (TPSA) is 73.3 Å². The minimum atomic E-state index is -0.246. The van der Waals surface area contributed by atoms with E-state index in [1.54, 1.807) is 26.5 Å². The van der Waals surface area contributed by atoms with Crippen LogP contribution in [-0.4, -0.2) is 36.4 Å². The van der Waals surface area contributed by atoms with Crippen LogP contribution < -0.4 is 14.8 Å². The Balaban J connectivity index is 1.85. The van der Waals surface area contributed by atoms with Crippen LogP contribution in [0.4, 0.5) is 0 Å². The summed E-state index contributed by atoms with van der Waals surface area (Å²) in [6.07, 6.45) is 3.47. The third-order valence-electron chi connectivity index (χ3n) is 4.17. The highest BCUT2D eigenvalue weighted by molar-refractivity contribution is 7.98. The molecule has 0 aliphatic heterocycles. The van der Waals surface area contributed by atoms with Gasteiger partial charge in [-0.1, -0.05) is 42.1 Å². The number of methoxy groups -OCH3 is 2. The molecule has 0 radical (unpaired) electrons. The van der Waals surface area contributed by atoms with Crippen LogP contribution in [0.3, 0.4) is 0 Å². The van der Waals surface area contributed by atoms with Gasteiger partial charge in [-0.2, -0.15) is 0 Å². The number of nitrogens with zero attached hydrogens (tertiary/aromatic N) is 2. The third kappa shape index (κ3) is 4.43. The highest BCUT2D eigenvalue weighted by atomic mass is 32.2. The zero-order chi connectivity index (χ0) is 19.9. The van der Waals surface area contributed by atoms with Crippen molar-refractivity contribution in [2.75, 3.05) is 20.5 Å². The number of benzene rings is 2. The number of thioether (sulfide) groups is 1. The van der Waals surface area contributed by atoms with Gasteiger partial charge >= 0.3 is 0 Å². The molecule has 0 unspecified atom stereocenters. The van der Waals surface area contributed by atoms with E-state index in [-0.39, 0.29) is 5.91 Å². The zero-order valence-electron chi connectivity index (χ0n) is 15.9. The molecule has 144 valence electrons. The van der Waals surface area contributed by atoms with E-state index >= 15 is 0 Å². The minimum absolute atomic E-state index is 0.246. The molecule has 3 rings (SSSR count). The Morgan fingerprint density at radius 2 is 1.89 bits per heavy atom. The van der Waals surface area contributed by atoms with Crippen LogP contribution in [0.1, 0.15) is 15.9 Å². The van der Waals surface area contributed by atoms with Crippen molar-refractivity contribution >= 4 is 17.7 Å². The van der Waals surface area contributed by atoms with Gasteiger partial charge in [0.2, 0.25) is 0 Å². The molecule has 0 atom stereocenters. The first-order valence-corrected chi connectivity index (χ1v) is 9.84. The highest BCUT2D eigenvalue weighted by Crippen LogP contribution is 2.26. The summed E-state index contributed by atoms with van der Waals surface area (Å²) in [5.41, 5.74) is 2.75. The largest absolute Gasteiger partial charge is 0.497 e. The van der Waals surface area contributed by atoms with Crippen molar-refractivity contribution in [3.8, 4) is 22.8 Å². The van der Waals surface area contributed by atoms with E-state index in [0.29, 0.717) is 34.5 Å². The quantitative estimate of drug-likeness (QED) is 0.484. The van der Waals surface area contributed by atoms with Crippen molar-refractivity contribution in [1.82, 2.24) is 15.3 Å². The van der Waals surface area contributed by atoms with Crippen molar-refractivity contribution in [1.29, 1.82) is 0 Å². The summed E-state index contributed by atoms with van der Waals surface area (Å²) in [7, 11) is 3.18. The number of ether oxygens (including phenoxy) is 2. The molecule has 0 aliphatic rings. The van der Waals surface area contributed by atoms with Crippen molar-refractivity contribution in [2.24, 2.45) is 0 Å². The predicted molar refractivity (Wildman–Crippen MR) is 110 cm³/mol. The van der Waals surface area contributed by atoms with E-state index in [2.05, 4.69) is 15.3 Å². The maximum atomic E-state index is 12.9. The smallest absolute Gasteiger partial charge is 0.255 e. The Hall–Kier alpha value is -3.06. The molecule has 1 N–H and O–H groups in total. The molecule has 1 heterocycles. The normalized spacial score (nSPS) is 10.4. The van der Waals surface area contributed by atoms with Crippen LogP contribution in [0.5, 0.6) is 11.5 Å². The number of nitrogens with one attached hydrogen (secondary N) is 1. The second-order valence-corrected chi connectivity index (χ2v) is 6.62. The van der Waals surface area contributed by atoms with Gasteiger partial charge in [0, 0.05) is 29.9 Å². The summed E-state index contributed by atoms with van der Waals surface area (Å²) in [6, 6.07) is 15.1. The van der Waals surface area contributed by atoms with Crippen molar-refractivity contribution in [3.63, 3.8) is 0 Å². The van der Waals surface area contributed by atoms with Crippen molar-refractivity contribution in [3.05, 3.63) is 65.9 Å². The fourth-order valence-electron chi connectivity index (χ4n) is 2.71. The molecule has 0 spiro atoms. The fraction of sp³-hybridized carbons (Fsp3) is 0.190. The van der Waals surface area contributed by atoms with Gasteiger partial charge in [-0.15, -0.1) is 0 Å². The van der Waals surface area contributed by atoms with E-state index in [4.69, 9.17) is 9.47 Å². The first-order valence-electron chi connectivity index (χ1n) is 8.61. The number of hydrogen-bond acceptors (Lipinski definition) is 6. The summed E-state index contributed by atoms with van der Waals surface area (Å²) in [6.45, 7) is 0.310. The lowest BCUT2D eigenvalue weighted by Crippen LogP contribution is -2.24. The van der Waals surface area contributed by atoms with Crippen LogP contribution in [0.15, 0.2) is 59.9 Å². The van der Waals surface area contributed by atoms with Crippen LogP contribution >= 0.6 is 11.8 Å². The molecule has 6 nitrogen and oxygen atoms in total. The van der Waals surface area contributed by atoms with E-state index < -0.39 is 0 Å². The van der Waals surface area contributed by atoms with Gasteiger partial charge in [-0.25, -0.2) is 9.97 Å². The average Bonchev–Trinajstić information content (AvgIpc) is 2.77. The number of carbonyl (C=O) groups is 1. The van der Waals surface area contributed by atoms with Crippen LogP contribution in [0.2, 0.25) is 0 Å². The summed E-state index contributed by atoms with van der Waals surface area (Å²) >= 11 is 1.43. The number of carbonyl (C=O) groups excluding carboxylic acids is 1. The van der Waals surface area contributed by atoms with Gasteiger partial charge < -0.3 is 14.8 Å². The molecule has 1 amide bonds. The Morgan fingerprint density at radius 1 is 1.11 bits per heavy atom. The average molecular weight is 395 g/mol. The molecule has 28 heavy (non-hydrogen) atoms. The molecule has 0 saturated carbocycles. The maximum Gasteiger partial charge on any atom is 0.255 e. The number of rotatable bonds is 7. The van der Waals surface area contributed by atoms with E-state index in [1.165, 1.54) is 11.8 Å². The first-order chi connectivity index (χ1) is 13.7. The Bertz CT molecular complexity index is 964. The van der Waals surface area contributed by atoms with Gasteiger partial charge in [-0.05, 0) is 18.4 Å². The second kappa shape index (κ2) is 9.23. The van der Waals surface area contributed by atoms with Gasteiger partial charge in [0.05, 0.1) is 25.5 Å². The Kier molecular flexibility index (Phi) is 6.49. The molecule has 0 bridgehead atoms. The number of aromatic nitrogens is 2. The van der Waals surface area contributed by atoms with Crippen molar-refractivity contribution < 1.29 is 14.3 Å². The van der Waals surface area contributed by atoms with E-state index in [9.17, 15) is 4.79 Å². The fourth-order valence-corrected chi connectivity index (χ4v) is 3.06. The molecule has 3 aromatic rings. The molecule has 7 heteroatoms. The lowest BCUT2D eigenvalue weighted by molar-refractivity contribution is 0.0950. The second-order valence-electron chi connectivity index (χ2n) is 5.85. The lowest BCUT2D eigenvalue weighted by atomic mass is 10.1. The first kappa shape index (κ1) is 19.7. The zero-order valence-corrected chi connectivity index (χ0v) is 16.7. The summed E-state index contributed by atoms with van der Waals surface area (Å²) in [5, 5.41) is 3.55. The molecular formula is C21H21N3O3S. The molecule has 2 aromatic carbocycles. The molecule has 0 saturated heterocycles. The number of amides is 1. The molecule has 0 fully saturated rings. The molecule has 0 aliphatic carbocycles. The number of hydrogen-bond donors (Lipinski definition) is 1. The summed E-state index contributed by atoms with van der Waals surface area (Å²) in [5.74, 6) is 1.10. The molecular weight excluding hydrogens is 374 g/mol. The molecule has 1 aromatic heterocycles. The van der Waals surface area contributed by atoms with Gasteiger partial charge in [0.15, 0.2) is 5.16 Å². The Labute approximate surface area is 168 Å².